The van der Waals surface area contributed by atoms with E-state index >= 15 is 0 Å². The molecule has 172 valence electrons. The third-order valence-electron chi connectivity index (χ3n) is 6.24. The number of halogens is 1. The smallest absolute Gasteiger partial charge is 0.231 e. The monoisotopic (exact) mass is 475 g/mol. The zero-order valence-corrected chi connectivity index (χ0v) is 19.1. The number of aromatic nitrogens is 2. The molecular formula is C26H22ClN3O4. The van der Waals surface area contributed by atoms with Crippen molar-refractivity contribution in [1.82, 2.24) is 9.55 Å². The second-order valence-corrected chi connectivity index (χ2v) is 8.79. The maximum absolute atomic E-state index is 13.0. The van der Waals surface area contributed by atoms with Crippen LogP contribution in [0.15, 0.2) is 66.7 Å². The summed E-state index contributed by atoms with van der Waals surface area (Å²) in [5.74, 6) is 3.08. The van der Waals surface area contributed by atoms with Crippen LogP contribution in [-0.2, 0) is 11.3 Å². The molecule has 1 saturated heterocycles. The number of anilines is 1. The third kappa shape index (κ3) is 3.82. The number of benzene rings is 3. The van der Waals surface area contributed by atoms with E-state index in [0.29, 0.717) is 42.6 Å². The van der Waals surface area contributed by atoms with Crippen LogP contribution in [0.1, 0.15) is 18.2 Å². The van der Waals surface area contributed by atoms with E-state index in [9.17, 15) is 4.79 Å². The first-order chi connectivity index (χ1) is 16.7. The average Bonchev–Trinajstić information content (AvgIpc) is 3.57. The molecule has 0 N–H and O–H groups in total. The summed E-state index contributed by atoms with van der Waals surface area (Å²) in [5.41, 5.74) is 2.76. The molecule has 7 nitrogen and oxygen atoms in total. The van der Waals surface area contributed by atoms with Gasteiger partial charge >= 0.3 is 0 Å². The Labute approximate surface area is 201 Å². The van der Waals surface area contributed by atoms with Crippen molar-refractivity contribution >= 4 is 34.2 Å². The SMILES string of the molecule is O=C1CC(c2nc3ccccc3n2CCOc2ccc(Cl)cc2)CN1c1ccc2c(c1)OCO2. The molecular weight excluding hydrogens is 454 g/mol. The van der Waals surface area contributed by atoms with Gasteiger partial charge in [0.25, 0.3) is 0 Å². The molecule has 1 aromatic heterocycles. The van der Waals surface area contributed by atoms with Crippen molar-refractivity contribution in [3.8, 4) is 17.2 Å². The van der Waals surface area contributed by atoms with E-state index in [2.05, 4.69) is 10.6 Å². The minimum absolute atomic E-state index is 0.0270. The lowest BCUT2D eigenvalue weighted by Crippen LogP contribution is -2.24. The second-order valence-electron chi connectivity index (χ2n) is 8.36. The average molecular weight is 476 g/mol. The Balaban J connectivity index is 1.25. The van der Waals surface area contributed by atoms with Gasteiger partial charge in [0.15, 0.2) is 11.5 Å². The number of fused-ring (bicyclic) bond motifs is 2. The molecule has 3 heterocycles. The van der Waals surface area contributed by atoms with E-state index in [1.165, 1.54) is 0 Å². The number of hydrogen-bond acceptors (Lipinski definition) is 5. The van der Waals surface area contributed by atoms with Crippen LogP contribution < -0.4 is 19.1 Å². The number of hydrogen-bond donors (Lipinski definition) is 0. The van der Waals surface area contributed by atoms with Gasteiger partial charge in [-0.3, -0.25) is 4.79 Å². The van der Waals surface area contributed by atoms with E-state index < -0.39 is 0 Å². The minimum atomic E-state index is -0.0270. The number of para-hydroxylation sites is 2. The molecule has 0 spiro atoms. The summed E-state index contributed by atoms with van der Waals surface area (Å²) in [5, 5.41) is 0.674. The number of ether oxygens (including phenoxy) is 3. The largest absolute Gasteiger partial charge is 0.492 e. The zero-order valence-electron chi connectivity index (χ0n) is 18.3. The first kappa shape index (κ1) is 20.9. The molecule has 8 heteroatoms. The summed E-state index contributed by atoms with van der Waals surface area (Å²) in [6, 6.07) is 21.0. The lowest BCUT2D eigenvalue weighted by molar-refractivity contribution is -0.117. The second kappa shape index (κ2) is 8.57. The number of rotatable bonds is 6. The van der Waals surface area contributed by atoms with Crippen molar-refractivity contribution in [3.05, 3.63) is 77.6 Å². The number of carbonyl (C=O) groups excluding carboxylic acids is 1. The molecule has 6 rings (SSSR count). The highest BCUT2D eigenvalue weighted by molar-refractivity contribution is 6.30. The molecule has 0 bridgehead atoms. The van der Waals surface area contributed by atoms with Crippen molar-refractivity contribution in [2.24, 2.45) is 0 Å². The van der Waals surface area contributed by atoms with Gasteiger partial charge in [-0.1, -0.05) is 23.7 Å². The van der Waals surface area contributed by atoms with Gasteiger partial charge in [-0.25, -0.2) is 4.98 Å². The van der Waals surface area contributed by atoms with Gasteiger partial charge in [0, 0.05) is 35.7 Å². The van der Waals surface area contributed by atoms with E-state index in [1.807, 2.05) is 60.7 Å². The van der Waals surface area contributed by atoms with Gasteiger partial charge in [-0.2, -0.15) is 0 Å². The molecule has 0 radical (unpaired) electrons. The highest BCUT2D eigenvalue weighted by atomic mass is 35.5. The first-order valence-electron chi connectivity index (χ1n) is 11.2. The Morgan fingerprint density at radius 3 is 2.74 bits per heavy atom. The van der Waals surface area contributed by atoms with E-state index in [4.69, 9.17) is 30.8 Å². The van der Waals surface area contributed by atoms with Gasteiger partial charge in [-0.15, -0.1) is 0 Å². The van der Waals surface area contributed by atoms with Gasteiger partial charge in [-0.05, 0) is 48.5 Å². The van der Waals surface area contributed by atoms with Crippen LogP contribution in [0.5, 0.6) is 17.2 Å². The summed E-state index contributed by atoms with van der Waals surface area (Å²) < 4.78 is 19.0. The fourth-order valence-corrected chi connectivity index (χ4v) is 4.74. The maximum atomic E-state index is 13.0. The zero-order chi connectivity index (χ0) is 23.1. The lowest BCUT2D eigenvalue weighted by atomic mass is 10.1. The van der Waals surface area contributed by atoms with Crippen LogP contribution in [0.2, 0.25) is 5.02 Å². The third-order valence-corrected chi connectivity index (χ3v) is 6.49. The highest BCUT2D eigenvalue weighted by Gasteiger charge is 2.35. The Hall–Kier alpha value is -3.71. The predicted molar refractivity (Wildman–Crippen MR) is 129 cm³/mol. The van der Waals surface area contributed by atoms with Gasteiger partial charge in [0.05, 0.1) is 17.6 Å². The standard InChI is InChI=1S/C26H22ClN3O4/c27-18-5-8-20(9-6-18)32-12-11-29-22-4-2-1-3-21(22)28-26(29)17-13-25(31)30(15-17)19-7-10-23-24(14-19)34-16-33-23/h1-10,14,17H,11-13,15-16H2. The molecule has 2 aliphatic rings. The minimum Gasteiger partial charge on any atom is -0.492 e. The molecule has 3 aromatic carbocycles. The van der Waals surface area contributed by atoms with E-state index in [0.717, 1.165) is 28.3 Å². The Morgan fingerprint density at radius 2 is 1.85 bits per heavy atom. The predicted octanol–water partition coefficient (Wildman–Crippen LogP) is 5.02. The molecule has 1 unspecified atom stereocenters. The van der Waals surface area contributed by atoms with Crippen molar-refractivity contribution in [3.63, 3.8) is 0 Å². The fraction of sp³-hybridized carbons (Fsp3) is 0.231. The van der Waals surface area contributed by atoms with Gasteiger partial charge in [0.2, 0.25) is 12.7 Å². The van der Waals surface area contributed by atoms with E-state index in [-0.39, 0.29) is 18.6 Å². The lowest BCUT2D eigenvalue weighted by Gasteiger charge is -2.18. The topological polar surface area (TPSA) is 65.8 Å². The van der Waals surface area contributed by atoms with Crippen LogP contribution in [0, 0.1) is 0 Å². The molecule has 1 fully saturated rings. The number of nitrogens with zero attached hydrogens (tertiary/aromatic N) is 3. The van der Waals surface area contributed by atoms with Crippen LogP contribution in [0.25, 0.3) is 11.0 Å². The summed E-state index contributed by atoms with van der Waals surface area (Å²) in [6.45, 7) is 1.85. The first-order valence-corrected chi connectivity index (χ1v) is 11.6. The van der Waals surface area contributed by atoms with Gasteiger partial charge < -0.3 is 23.7 Å². The Bertz CT molecular complexity index is 1370. The van der Waals surface area contributed by atoms with Crippen LogP contribution >= 0.6 is 11.6 Å². The van der Waals surface area contributed by atoms with Crippen LogP contribution in [-0.4, -0.2) is 35.4 Å². The summed E-state index contributed by atoms with van der Waals surface area (Å²) in [4.78, 5) is 19.7. The van der Waals surface area contributed by atoms with Crippen molar-refractivity contribution in [1.29, 1.82) is 0 Å². The van der Waals surface area contributed by atoms with Crippen molar-refractivity contribution in [2.75, 3.05) is 24.8 Å². The molecule has 1 amide bonds. The quantitative estimate of drug-likeness (QED) is 0.392. The molecule has 34 heavy (non-hydrogen) atoms. The van der Waals surface area contributed by atoms with E-state index in [1.54, 1.807) is 4.90 Å². The molecule has 0 aliphatic carbocycles. The Kier molecular flexibility index (Phi) is 5.26. The number of carbonyl (C=O) groups is 1. The van der Waals surface area contributed by atoms with Crippen molar-refractivity contribution in [2.45, 2.75) is 18.9 Å². The van der Waals surface area contributed by atoms with Crippen molar-refractivity contribution < 1.29 is 19.0 Å². The molecule has 2 aliphatic heterocycles. The normalized spacial score (nSPS) is 17.0. The van der Waals surface area contributed by atoms with Crippen LogP contribution in [0.4, 0.5) is 5.69 Å². The molecule has 0 saturated carbocycles. The highest BCUT2D eigenvalue weighted by Crippen LogP contribution is 2.39. The fourth-order valence-electron chi connectivity index (χ4n) is 4.61. The summed E-state index contributed by atoms with van der Waals surface area (Å²) >= 11 is 5.97. The van der Waals surface area contributed by atoms with Crippen LogP contribution in [0.3, 0.4) is 0 Å². The number of amides is 1. The molecule has 1 atom stereocenters. The summed E-state index contributed by atoms with van der Waals surface area (Å²) in [6.07, 6.45) is 0.399. The summed E-state index contributed by atoms with van der Waals surface area (Å²) in [7, 11) is 0. The molecule has 4 aromatic rings. The Morgan fingerprint density at radius 1 is 1.03 bits per heavy atom. The maximum Gasteiger partial charge on any atom is 0.231 e. The number of imidazole rings is 1. The van der Waals surface area contributed by atoms with Gasteiger partial charge in [0.1, 0.15) is 18.2 Å².